The van der Waals surface area contributed by atoms with Crippen LogP contribution >= 0.6 is 0 Å². The Morgan fingerprint density at radius 1 is 1.40 bits per heavy atom. The third-order valence-electron chi connectivity index (χ3n) is 3.22. The van der Waals surface area contributed by atoms with Gasteiger partial charge in [0.2, 0.25) is 5.91 Å². The highest BCUT2D eigenvalue weighted by Crippen LogP contribution is 2.29. The van der Waals surface area contributed by atoms with E-state index in [1.54, 1.807) is 6.07 Å². The number of carboxylic acid groups (broad SMARTS) is 1. The Balaban J connectivity index is 2.26. The van der Waals surface area contributed by atoms with Crippen LogP contribution in [-0.2, 0) is 11.2 Å². The molecule has 1 atom stereocenters. The first-order valence-electron chi connectivity index (χ1n) is 6.13. The molecule has 0 bridgehead atoms. The number of nitrogens with two attached hydrogens (primary N) is 1. The highest BCUT2D eigenvalue weighted by atomic mass is 16.4. The summed E-state index contributed by atoms with van der Waals surface area (Å²) in [6.07, 6.45) is 0.657. The van der Waals surface area contributed by atoms with Gasteiger partial charge in [0.05, 0.1) is 5.56 Å². The highest BCUT2D eigenvalue weighted by Gasteiger charge is 2.29. The molecule has 0 saturated heterocycles. The zero-order valence-electron chi connectivity index (χ0n) is 10.9. The van der Waals surface area contributed by atoms with Crippen molar-refractivity contribution in [1.29, 1.82) is 0 Å². The molecule has 2 rings (SSSR count). The minimum atomic E-state index is -1.05. The molecule has 7 heteroatoms. The number of benzene rings is 1. The minimum absolute atomic E-state index is 0.124. The average molecular weight is 277 g/mol. The van der Waals surface area contributed by atoms with Gasteiger partial charge in [-0.25, -0.2) is 9.59 Å². The van der Waals surface area contributed by atoms with Gasteiger partial charge < -0.3 is 21.1 Å². The first-order valence-corrected chi connectivity index (χ1v) is 6.13. The number of carbonyl (C=O) groups is 3. The number of fused-ring (bicyclic) bond motifs is 1. The second-order valence-corrected chi connectivity index (χ2v) is 4.62. The summed E-state index contributed by atoms with van der Waals surface area (Å²) in [5.41, 5.74) is 6.60. The third-order valence-corrected chi connectivity index (χ3v) is 3.22. The molecule has 3 amide bonds. The number of hydrogen-bond donors (Lipinski definition) is 3. The predicted molar refractivity (Wildman–Crippen MR) is 71.6 cm³/mol. The van der Waals surface area contributed by atoms with Gasteiger partial charge in [0.15, 0.2) is 0 Å². The summed E-state index contributed by atoms with van der Waals surface area (Å²) in [7, 11) is 0. The lowest BCUT2D eigenvalue weighted by molar-refractivity contribution is -0.119. The maximum atomic E-state index is 12.2. The third kappa shape index (κ3) is 2.56. The van der Waals surface area contributed by atoms with Crippen LogP contribution in [0.2, 0.25) is 0 Å². The van der Waals surface area contributed by atoms with Crippen LogP contribution in [0.4, 0.5) is 10.5 Å². The van der Waals surface area contributed by atoms with Crippen LogP contribution < -0.4 is 16.0 Å². The number of anilines is 1. The Morgan fingerprint density at radius 3 is 2.70 bits per heavy atom. The molecule has 20 heavy (non-hydrogen) atoms. The quantitative estimate of drug-likeness (QED) is 0.738. The fourth-order valence-corrected chi connectivity index (χ4v) is 2.25. The predicted octanol–water partition coefficient (Wildman–Crippen LogP) is 0.331. The number of amides is 3. The van der Waals surface area contributed by atoms with E-state index >= 15 is 0 Å². The second kappa shape index (κ2) is 5.20. The molecule has 0 saturated carbocycles. The molecule has 1 heterocycles. The normalized spacial score (nSPS) is 14.6. The molecule has 0 aliphatic carbocycles. The van der Waals surface area contributed by atoms with Gasteiger partial charge in [0, 0.05) is 12.2 Å². The van der Waals surface area contributed by atoms with Crippen LogP contribution in [0.5, 0.6) is 0 Å². The molecule has 0 radical (unpaired) electrons. The Bertz CT molecular complexity index is 585. The summed E-state index contributed by atoms with van der Waals surface area (Å²) in [5.74, 6) is -1.36. The lowest BCUT2D eigenvalue weighted by atomic mass is 10.1. The smallest absolute Gasteiger partial charge is 0.335 e. The molecular weight excluding hydrogens is 262 g/mol. The van der Waals surface area contributed by atoms with Crippen LogP contribution in [0.25, 0.3) is 0 Å². The van der Waals surface area contributed by atoms with Crippen molar-refractivity contribution in [3.8, 4) is 0 Å². The van der Waals surface area contributed by atoms with Crippen molar-refractivity contribution in [3.63, 3.8) is 0 Å². The molecular formula is C13H15N3O4. The van der Waals surface area contributed by atoms with E-state index in [4.69, 9.17) is 10.8 Å². The SMILES string of the molecule is CC(NC(N)=O)C(=O)N1CCc2ccc(C(=O)O)cc21. The fourth-order valence-electron chi connectivity index (χ4n) is 2.25. The van der Waals surface area contributed by atoms with E-state index in [0.717, 1.165) is 5.56 Å². The summed E-state index contributed by atoms with van der Waals surface area (Å²) in [4.78, 5) is 35.5. The maximum absolute atomic E-state index is 12.2. The van der Waals surface area contributed by atoms with Crippen LogP contribution in [0, 0.1) is 0 Å². The Kier molecular flexibility index (Phi) is 3.60. The first kappa shape index (κ1) is 13.9. The van der Waals surface area contributed by atoms with E-state index in [1.807, 2.05) is 0 Å². The van der Waals surface area contributed by atoms with Gasteiger partial charge in [-0.15, -0.1) is 0 Å². The average Bonchev–Trinajstić information content (AvgIpc) is 2.79. The standard InChI is InChI=1S/C13H15N3O4/c1-7(15-13(14)20)11(17)16-5-4-8-2-3-9(12(18)19)6-10(8)16/h2-3,6-7H,4-5H2,1H3,(H,18,19)(H3,14,15,20). The van der Waals surface area contributed by atoms with Crippen molar-refractivity contribution in [3.05, 3.63) is 29.3 Å². The highest BCUT2D eigenvalue weighted by molar-refractivity contribution is 6.01. The first-order chi connectivity index (χ1) is 9.40. The summed E-state index contributed by atoms with van der Waals surface area (Å²) < 4.78 is 0. The lowest BCUT2D eigenvalue weighted by Gasteiger charge is -2.22. The molecule has 1 aromatic rings. The van der Waals surface area contributed by atoms with Crippen LogP contribution in [0.15, 0.2) is 18.2 Å². The molecule has 0 aromatic heterocycles. The number of rotatable bonds is 3. The van der Waals surface area contributed by atoms with Gasteiger partial charge in [-0.3, -0.25) is 4.79 Å². The number of carboxylic acids is 1. The maximum Gasteiger partial charge on any atom is 0.335 e. The number of urea groups is 1. The lowest BCUT2D eigenvalue weighted by Crippen LogP contribution is -2.48. The van der Waals surface area contributed by atoms with E-state index in [1.165, 1.54) is 24.0 Å². The van der Waals surface area contributed by atoms with Crippen LogP contribution in [0.3, 0.4) is 0 Å². The molecule has 1 aliphatic rings. The van der Waals surface area contributed by atoms with Gasteiger partial charge in [-0.1, -0.05) is 6.07 Å². The number of nitrogens with zero attached hydrogens (tertiary/aromatic N) is 1. The monoisotopic (exact) mass is 277 g/mol. The number of nitrogens with one attached hydrogen (secondary N) is 1. The number of primary amides is 1. The second-order valence-electron chi connectivity index (χ2n) is 4.62. The van der Waals surface area contributed by atoms with Gasteiger partial charge in [-0.05, 0) is 31.0 Å². The Labute approximate surface area is 115 Å². The van der Waals surface area contributed by atoms with Crippen molar-refractivity contribution in [2.75, 3.05) is 11.4 Å². The summed E-state index contributed by atoms with van der Waals surface area (Å²) >= 11 is 0. The molecule has 1 unspecified atom stereocenters. The van der Waals surface area contributed by atoms with Gasteiger partial charge in [-0.2, -0.15) is 0 Å². The minimum Gasteiger partial charge on any atom is -0.478 e. The van der Waals surface area contributed by atoms with Crippen molar-refractivity contribution in [1.82, 2.24) is 5.32 Å². The van der Waals surface area contributed by atoms with E-state index in [9.17, 15) is 14.4 Å². The number of hydrogen-bond acceptors (Lipinski definition) is 3. The summed E-state index contributed by atoms with van der Waals surface area (Å²) in [6, 6.07) is 3.16. The van der Waals surface area contributed by atoms with E-state index in [-0.39, 0.29) is 11.5 Å². The summed E-state index contributed by atoms with van der Waals surface area (Å²) in [5, 5.41) is 11.3. The van der Waals surface area contributed by atoms with Crippen molar-refractivity contribution in [2.45, 2.75) is 19.4 Å². The van der Waals surface area contributed by atoms with Crippen molar-refractivity contribution < 1.29 is 19.5 Å². The van der Waals surface area contributed by atoms with E-state index < -0.39 is 18.0 Å². The number of carbonyl (C=O) groups excluding carboxylic acids is 2. The molecule has 106 valence electrons. The Morgan fingerprint density at radius 2 is 2.10 bits per heavy atom. The molecule has 0 spiro atoms. The van der Waals surface area contributed by atoms with E-state index in [0.29, 0.717) is 18.7 Å². The molecule has 1 aromatic carbocycles. The van der Waals surface area contributed by atoms with Gasteiger partial charge in [0.1, 0.15) is 6.04 Å². The molecule has 4 N–H and O–H groups in total. The number of aromatic carboxylic acids is 1. The topological polar surface area (TPSA) is 113 Å². The van der Waals surface area contributed by atoms with Gasteiger partial charge >= 0.3 is 12.0 Å². The largest absolute Gasteiger partial charge is 0.478 e. The molecule has 0 fully saturated rings. The molecule has 7 nitrogen and oxygen atoms in total. The fraction of sp³-hybridized carbons (Fsp3) is 0.308. The van der Waals surface area contributed by atoms with Gasteiger partial charge in [0.25, 0.3) is 0 Å². The van der Waals surface area contributed by atoms with Crippen molar-refractivity contribution >= 4 is 23.6 Å². The zero-order chi connectivity index (χ0) is 14.9. The van der Waals surface area contributed by atoms with Crippen molar-refractivity contribution in [2.24, 2.45) is 5.73 Å². The Hall–Kier alpha value is -2.57. The summed E-state index contributed by atoms with van der Waals surface area (Å²) in [6.45, 7) is 1.99. The zero-order valence-corrected chi connectivity index (χ0v) is 10.9. The molecule has 1 aliphatic heterocycles. The van der Waals surface area contributed by atoms with Crippen LogP contribution in [-0.4, -0.2) is 35.6 Å². The van der Waals surface area contributed by atoms with E-state index in [2.05, 4.69) is 5.32 Å². The van der Waals surface area contributed by atoms with Crippen LogP contribution in [0.1, 0.15) is 22.8 Å².